The Morgan fingerprint density at radius 2 is 1.65 bits per heavy atom. The van der Waals surface area contributed by atoms with Gasteiger partial charge in [-0.25, -0.2) is 13.2 Å². The summed E-state index contributed by atoms with van der Waals surface area (Å²) in [5.41, 5.74) is 4.85. The van der Waals surface area contributed by atoms with E-state index in [1.54, 1.807) is 26.0 Å². The van der Waals surface area contributed by atoms with Crippen LogP contribution in [0.1, 0.15) is 49.9 Å². The second-order valence-electron chi connectivity index (χ2n) is 10.6. The van der Waals surface area contributed by atoms with Gasteiger partial charge in [-0.3, -0.25) is 9.59 Å². The van der Waals surface area contributed by atoms with E-state index in [-0.39, 0.29) is 17.2 Å². The zero-order chi connectivity index (χ0) is 26.7. The molecule has 2 amide bonds. The highest BCUT2D eigenvalue weighted by Crippen LogP contribution is 2.29. The van der Waals surface area contributed by atoms with E-state index in [4.69, 9.17) is 10.5 Å². The molecule has 2 aromatic rings. The molecule has 2 N–H and O–H groups in total. The van der Waals surface area contributed by atoms with E-state index in [0.717, 1.165) is 25.9 Å². The molecular formula is C28H34F3N3O3. The molecule has 4 rings (SSSR count). The third kappa shape index (κ3) is 6.63. The number of nitrogens with zero attached hydrogens (tertiary/aromatic N) is 2. The second kappa shape index (κ2) is 11.1. The predicted octanol–water partition coefficient (Wildman–Crippen LogP) is 4.56. The summed E-state index contributed by atoms with van der Waals surface area (Å²) in [6.07, 6.45) is 2.81. The van der Waals surface area contributed by atoms with Crippen LogP contribution in [-0.4, -0.2) is 66.1 Å². The van der Waals surface area contributed by atoms with Crippen molar-refractivity contribution in [2.45, 2.75) is 51.2 Å². The molecule has 6 nitrogen and oxygen atoms in total. The lowest BCUT2D eigenvalue weighted by Gasteiger charge is -2.34. The highest BCUT2D eigenvalue weighted by Gasteiger charge is 2.34. The number of hydrogen-bond donors (Lipinski definition) is 1. The molecule has 200 valence electrons. The summed E-state index contributed by atoms with van der Waals surface area (Å²) in [5.74, 6) is -2.11. The fraction of sp³-hybridized carbons (Fsp3) is 0.500. The van der Waals surface area contributed by atoms with Crippen molar-refractivity contribution in [1.82, 2.24) is 9.80 Å². The van der Waals surface area contributed by atoms with Gasteiger partial charge in [-0.2, -0.15) is 0 Å². The van der Waals surface area contributed by atoms with Gasteiger partial charge in [-0.05, 0) is 93.9 Å². The van der Waals surface area contributed by atoms with Crippen molar-refractivity contribution in [2.75, 3.05) is 32.8 Å². The minimum absolute atomic E-state index is 0.120. The Bertz CT molecular complexity index is 1140. The molecule has 0 spiro atoms. The summed E-state index contributed by atoms with van der Waals surface area (Å²) in [5, 5.41) is 0. The maximum Gasteiger partial charge on any atom is 0.257 e. The third-order valence-corrected chi connectivity index (χ3v) is 7.09. The largest absolute Gasteiger partial charge is 0.490 e. The van der Waals surface area contributed by atoms with Crippen LogP contribution in [0.5, 0.6) is 5.75 Å². The fourth-order valence-corrected chi connectivity index (χ4v) is 5.18. The molecule has 0 radical (unpaired) electrons. The summed E-state index contributed by atoms with van der Waals surface area (Å²) in [6, 6.07) is 7.79. The number of hydrogen-bond acceptors (Lipinski definition) is 4. The van der Waals surface area contributed by atoms with E-state index in [1.807, 2.05) is 0 Å². The quantitative estimate of drug-likeness (QED) is 0.557. The average Bonchev–Trinajstić information content (AvgIpc) is 3.33. The van der Waals surface area contributed by atoms with E-state index < -0.39 is 35.2 Å². The molecule has 2 fully saturated rings. The first-order valence-electron chi connectivity index (χ1n) is 12.8. The number of halogens is 3. The van der Waals surface area contributed by atoms with Crippen LogP contribution in [-0.2, 0) is 4.79 Å². The minimum Gasteiger partial charge on any atom is -0.490 e. The molecule has 2 aromatic carbocycles. The Labute approximate surface area is 215 Å². The van der Waals surface area contributed by atoms with E-state index >= 15 is 0 Å². The van der Waals surface area contributed by atoms with Crippen LogP contribution in [0.25, 0.3) is 11.1 Å². The van der Waals surface area contributed by atoms with Gasteiger partial charge in [0.2, 0.25) is 5.91 Å². The number of benzene rings is 2. The number of likely N-dealkylation sites (tertiary alicyclic amines) is 2. The van der Waals surface area contributed by atoms with Crippen molar-refractivity contribution >= 4 is 11.8 Å². The molecule has 0 bridgehead atoms. The van der Waals surface area contributed by atoms with Gasteiger partial charge >= 0.3 is 0 Å². The summed E-state index contributed by atoms with van der Waals surface area (Å²) < 4.78 is 49.3. The minimum atomic E-state index is -1.23. The normalized spacial score (nSPS) is 19.3. The van der Waals surface area contributed by atoms with Crippen molar-refractivity contribution in [3.8, 4) is 16.9 Å². The van der Waals surface area contributed by atoms with Gasteiger partial charge in [0.25, 0.3) is 5.91 Å². The van der Waals surface area contributed by atoms with Crippen molar-refractivity contribution < 1.29 is 27.5 Å². The summed E-state index contributed by atoms with van der Waals surface area (Å²) in [6.45, 7) is 5.84. The molecule has 37 heavy (non-hydrogen) atoms. The molecule has 2 aliphatic heterocycles. The van der Waals surface area contributed by atoms with Crippen LogP contribution in [0.15, 0.2) is 36.4 Å². The number of carbonyl (C=O) groups is 2. The first kappa shape index (κ1) is 27.0. The maximum absolute atomic E-state index is 14.9. The smallest absolute Gasteiger partial charge is 0.257 e. The molecule has 9 heteroatoms. The van der Waals surface area contributed by atoms with Crippen LogP contribution in [0.2, 0.25) is 0 Å². The van der Waals surface area contributed by atoms with Crippen molar-refractivity contribution in [3.63, 3.8) is 0 Å². The Balaban J connectivity index is 1.36. The average molecular weight is 518 g/mol. The molecule has 1 unspecified atom stereocenters. The molecule has 2 heterocycles. The number of rotatable bonds is 8. The van der Waals surface area contributed by atoms with Gasteiger partial charge in [-0.15, -0.1) is 0 Å². The number of carbonyl (C=O) groups excluding carboxylic acids is 2. The topological polar surface area (TPSA) is 75.9 Å². The summed E-state index contributed by atoms with van der Waals surface area (Å²) >= 11 is 0. The zero-order valence-corrected chi connectivity index (χ0v) is 21.3. The van der Waals surface area contributed by atoms with E-state index in [9.17, 15) is 22.8 Å². The molecule has 0 aliphatic carbocycles. The van der Waals surface area contributed by atoms with E-state index in [0.29, 0.717) is 43.7 Å². The SMILES string of the molecule is CC(C)(F)CN1CCC(COc2ccc(-c3ccc(C(=O)N4CCCC4C(N)=O)c(F)c3)cc2F)CC1. The Morgan fingerprint density at radius 3 is 2.24 bits per heavy atom. The van der Waals surface area contributed by atoms with Crippen LogP contribution in [0, 0.1) is 17.6 Å². The van der Waals surface area contributed by atoms with Gasteiger partial charge in [0.15, 0.2) is 11.6 Å². The van der Waals surface area contributed by atoms with Crippen molar-refractivity contribution in [2.24, 2.45) is 11.7 Å². The summed E-state index contributed by atoms with van der Waals surface area (Å²) in [7, 11) is 0. The Morgan fingerprint density at radius 1 is 1.00 bits per heavy atom. The Hall–Kier alpha value is -3.07. The molecule has 0 saturated carbocycles. The predicted molar refractivity (Wildman–Crippen MR) is 135 cm³/mol. The van der Waals surface area contributed by atoms with Crippen LogP contribution >= 0.6 is 0 Å². The Kier molecular flexibility index (Phi) is 8.11. The van der Waals surface area contributed by atoms with Crippen LogP contribution in [0.3, 0.4) is 0 Å². The molecule has 1 atom stereocenters. The van der Waals surface area contributed by atoms with Gasteiger partial charge in [0.1, 0.15) is 17.5 Å². The highest BCUT2D eigenvalue weighted by molar-refractivity contribution is 5.98. The van der Waals surface area contributed by atoms with Crippen molar-refractivity contribution in [3.05, 3.63) is 53.6 Å². The van der Waals surface area contributed by atoms with Gasteiger partial charge in [0, 0.05) is 13.1 Å². The number of amides is 2. The molecule has 2 saturated heterocycles. The van der Waals surface area contributed by atoms with Gasteiger partial charge < -0.3 is 20.3 Å². The van der Waals surface area contributed by atoms with E-state index in [1.165, 1.54) is 29.2 Å². The maximum atomic E-state index is 14.9. The first-order chi connectivity index (χ1) is 17.5. The summed E-state index contributed by atoms with van der Waals surface area (Å²) in [4.78, 5) is 27.8. The van der Waals surface area contributed by atoms with Crippen LogP contribution in [0.4, 0.5) is 13.2 Å². The standard InChI is InChI=1S/C28H34F3N3O3/c1-28(2,31)17-33-12-9-18(10-13-33)16-37-25-8-6-20(15-23(25)30)19-5-7-21(22(29)14-19)27(36)34-11-3-4-24(34)26(32)35/h5-8,14-15,18,24H,3-4,9-13,16-17H2,1-2H3,(H2,32,35). The second-order valence-corrected chi connectivity index (χ2v) is 10.6. The number of piperidine rings is 1. The number of ether oxygens (including phenoxy) is 1. The number of primary amides is 1. The third-order valence-electron chi connectivity index (χ3n) is 7.09. The first-order valence-corrected chi connectivity index (χ1v) is 12.8. The number of alkyl halides is 1. The van der Waals surface area contributed by atoms with E-state index in [2.05, 4.69) is 4.90 Å². The lowest BCUT2D eigenvalue weighted by Crippen LogP contribution is -2.43. The fourth-order valence-electron chi connectivity index (χ4n) is 5.18. The lowest BCUT2D eigenvalue weighted by molar-refractivity contribution is -0.121. The van der Waals surface area contributed by atoms with Crippen molar-refractivity contribution in [1.29, 1.82) is 0 Å². The van der Waals surface area contributed by atoms with Gasteiger partial charge in [0.05, 0.1) is 12.2 Å². The monoisotopic (exact) mass is 517 g/mol. The molecule has 2 aliphatic rings. The van der Waals surface area contributed by atoms with Gasteiger partial charge in [-0.1, -0.05) is 12.1 Å². The zero-order valence-electron chi connectivity index (χ0n) is 21.3. The van der Waals surface area contributed by atoms with Crippen LogP contribution < -0.4 is 10.5 Å². The molecular weight excluding hydrogens is 483 g/mol. The molecule has 0 aromatic heterocycles. The highest BCUT2D eigenvalue weighted by atomic mass is 19.1. The lowest BCUT2D eigenvalue weighted by atomic mass is 9.96. The number of nitrogens with two attached hydrogens (primary N) is 1.